The molecule has 0 radical (unpaired) electrons. The fourth-order valence-corrected chi connectivity index (χ4v) is 1.25. The van der Waals surface area contributed by atoms with Crippen molar-refractivity contribution in [2.24, 2.45) is 0 Å². The molecule has 0 aliphatic rings. The number of aromatic nitrogens is 1. The van der Waals surface area contributed by atoms with E-state index in [1.165, 1.54) is 17.0 Å². The number of nitro groups is 1. The summed E-state index contributed by atoms with van der Waals surface area (Å²) < 4.78 is 0. The van der Waals surface area contributed by atoms with E-state index in [2.05, 4.69) is 4.98 Å². The number of nitrogens with zero attached hydrogens (tertiary/aromatic N) is 4. The van der Waals surface area contributed by atoms with Crippen LogP contribution < -0.4 is 10.6 Å². The summed E-state index contributed by atoms with van der Waals surface area (Å²) in [6, 6.07) is 2.73. The lowest BCUT2D eigenvalue weighted by Crippen LogP contribution is -2.34. The van der Waals surface area contributed by atoms with Crippen LogP contribution in [-0.2, 0) is 4.79 Å². The van der Waals surface area contributed by atoms with Crippen molar-refractivity contribution in [2.75, 3.05) is 38.3 Å². The molecule has 0 aliphatic carbocycles. The number of anilines is 2. The Balaban J connectivity index is 2.88. The predicted molar refractivity (Wildman–Crippen MR) is 67.3 cm³/mol. The van der Waals surface area contributed by atoms with Crippen molar-refractivity contribution in [3.05, 3.63) is 22.2 Å². The molecular weight excluding hydrogens is 238 g/mol. The van der Waals surface area contributed by atoms with Gasteiger partial charge in [0.2, 0.25) is 11.7 Å². The van der Waals surface area contributed by atoms with E-state index < -0.39 is 4.92 Å². The third-order valence-electron chi connectivity index (χ3n) is 2.35. The van der Waals surface area contributed by atoms with Gasteiger partial charge in [-0.1, -0.05) is 0 Å². The summed E-state index contributed by atoms with van der Waals surface area (Å²) in [7, 11) is 4.95. The molecule has 0 fully saturated rings. The van der Waals surface area contributed by atoms with Gasteiger partial charge in [-0.2, -0.15) is 0 Å². The fraction of sp³-hybridized carbons (Fsp3) is 0.400. The zero-order valence-electron chi connectivity index (χ0n) is 10.5. The molecule has 0 saturated heterocycles. The zero-order chi connectivity index (χ0) is 13.9. The number of pyridine rings is 1. The molecule has 0 unspecified atom stereocenters. The maximum absolute atomic E-state index is 11.5. The molecule has 8 heteroatoms. The number of hydrogen-bond donors (Lipinski definition) is 1. The summed E-state index contributed by atoms with van der Waals surface area (Å²) in [5, 5.41) is 10.6. The van der Waals surface area contributed by atoms with Crippen LogP contribution >= 0.6 is 0 Å². The van der Waals surface area contributed by atoms with Crippen molar-refractivity contribution in [3.63, 3.8) is 0 Å². The molecule has 1 amide bonds. The van der Waals surface area contributed by atoms with Crippen LogP contribution in [0.1, 0.15) is 0 Å². The Bertz CT molecular complexity index is 475. The van der Waals surface area contributed by atoms with Crippen molar-refractivity contribution < 1.29 is 9.72 Å². The molecular formula is C10H15N5O3. The van der Waals surface area contributed by atoms with Crippen LogP contribution in [0.2, 0.25) is 0 Å². The minimum atomic E-state index is -0.600. The summed E-state index contributed by atoms with van der Waals surface area (Å²) in [5.41, 5.74) is 5.23. The fourth-order valence-electron chi connectivity index (χ4n) is 1.25. The Morgan fingerprint density at radius 1 is 1.44 bits per heavy atom. The number of hydrogen-bond acceptors (Lipinski definition) is 6. The molecule has 0 aromatic carbocycles. The first-order valence-electron chi connectivity index (χ1n) is 5.15. The third-order valence-corrected chi connectivity index (χ3v) is 2.35. The highest BCUT2D eigenvalue weighted by atomic mass is 16.6. The molecule has 1 heterocycles. The predicted octanol–water partition coefficient (Wildman–Crippen LogP) is 0.0964. The summed E-state index contributed by atoms with van der Waals surface area (Å²) in [6.07, 6.45) is 0. The molecule has 98 valence electrons. The van der Waals surface area contributed by atoms with Gasteiger partial charge in [0, 0.05) is 27.2 Å². The second-order valence-corrected chi connectivity index (χ2v) is 3.98. The largest absolute Gasteiger partial charge is 0.378 e. The van der Waals surface area contributed by atoms with Crippen molar-refractivity contribution in [1.82, 2.24) is 9.88 Å². The van der Waals surface area contributed by atoms with E-state index in [1.807, 2.05) is 0 Å². The Kier molecular flexibility index (Phi) is 4.03. The van der Waals surface area contributed by atoms with Gasteiger partial charge in [0.25, 0.3) is 0 Å². The summed E-state index contributed by atoms with van der Waals surface area (Å²) >= 11 is 0. The van der Waals surface area contributed by atoms with E-state index in [9.17, 15) is 14.9 Å². The summed E-state index contributed by atoms with van der Waals surface area (Å²) in [5.74, 6) is 0.145. The molecule has 1 rings (SSSR count). The van der Waals surface area contributed by atoms with Gasteiger partial charge in [-0.25, -0.2) is 4.98 Å². The smallest absolute Gasteiger partial charge is 0.311 e. The number of likely N-dealkylation sites (N-methyl/N-ethyl adjacent to an activating group) is 2. The number of amides is 1. The maximum Gasteiger partial charge on any atom is 0.311 e. The lowest BCUT2D eigenvalue weighted by molar-refractivity contribution is -0.384. The van der Waals surface area contributed by atoms with Crippen molar-refractivity contribution in [1.29, 1.82) is 0 Å². The van der Waals surface area contributed by atoms with E-state index in [0.29, 0.717) is 5.82 Å². The SMILES string of the molecule is CN(C)C(=O)CN(C)c1ccc([N+](=O)[O-])c(N)n1. The highest BCUT2D eigenvalue weighted by Gasteiger charge is 2.16. The monoisotopic (exact) mass is 253 g/mol. The Hall–Kier alpha value is -2.38. The summed E-state index contributed by atoms with van der Waals surface area (Å²) in [4.78, 5) is 28.4. The number of carbonyl (C=O) groups is 1. The number of nitrogen functional groups attached to an aromatic ring is 1. The lowest BCUT2D eigenvalue weighted by atomic mass is 10.3. The second-order valence-electron chi connectivity index (χ2n) is 3.98. The van der Waals surface area contributed by atoms with Gasteiger partial charge >= 0.3 is 5.69 Å². The average Bonchev–Trinajstić information content (AvgIpc) is 2.27. The van der Waals surface area contributed by atoms with Gasteiger partial charge in [0.15, 0.2) is 0 Å². The molecule has 0 bridgehead atoms. The molecule has 2 N–H and O–H groups in total. The minimum absolute atomic E-state index is 0.101. The molecule has 0 saturated carbocycles. The van der Waals surface area contributed by atoms with Crippen LogP contribution in [0.3, 0.4) is 0 Å². The molecule has 0 aliphatic heterocycles. The standard InChI is InChI=1S/C10H15N5O3/c1-13(2)9(16)6-14(3)8-5-4-7(15(17)18)10(11)12-8/h4-5H,6H2,1-3H3,(H2,11,12). The van der Waals surface area contributed by atoms with Gasteiger partial charge in [-0.05, 0) is 6.07 Å². The topological polar surface area (TPSA) is 106 Å². The lowest BCUT2D eigenvalue weighted by Gasteiger charge is -2.20. The molecule has 1 aromatic rings. The molecule has 0 atom stereocenters. The van der Waals surface area contributed by atoms with Gasteiger partial charge < -0.3 is 15.5 Å². The van der Waals surface area contributed by atoms with Crippen LogP contribution in [0, 0.1) is 10.1 Å². The van der Waals surface area contributed by atoms with Crippen LogP contribution in [0.4, 0.5) is 17.3 Å². The van der Waals surface area contributed by atoms with E-state index in [0.717, 1.165) is 0 Å². The van der Waals surface area contributed by atoms with Crippen molar-refractivity contribution in [2.45, 2.75) is 0 Å². The van der Waals surface area contributed by atoms with Crippen LogP contribution in [0.15, 0.2) is 12.1 Å². The van der Waals surface area contributed by atoms with Crippen LogP contribution in [0.5, 0.6) is 0 Å². The molecule has 18 heavy (non-hydrogen) atoms. The quantitative estimate of drug-likeness (QED) is 0.602. The van der Waals surface area contributed by atoms with Gasteiger partial charge in [-0.3, -0.25) is 14.9 Å². The van der Waals surface area contributed by atoms with Crippen molar-refractivity contribution in [3.8, 4) is 0 Å². The number of rotatable bonds is 4. The average molecular weight is 253 g/mol. The molecule has 1 aromatic heterocycles. The Morgan fingerprint density at radius 3 is 2.50 bits per heavy atom. The zero-order valence-corrected chi connectivity index (χ0v) is 10.5. The minimum Gasteiger partial charge on any atom is -0.378 e. The first kappa shape index (κ1) is 13.7. The normalized spacial score (nSPS) is 9.94. The van der Waals surface area contributed by atoms with Gasteiger partial charge in [0.05, 0.1) is 11.5 Å². The van der Waals surface area contributed by atoms with Crippen molar-refractivity contribution >= 4 is 23.2 Å². The van der Waals surface area contributed by atoms with E-state index in [-0.39, 0.29) is 24.0 Å². The van der Waals surface area contributed by atoms with Crippen LogP contribution in [-0.4, -0.2) is 48.4 Å². The first-order valence-corrected chi connectivity index (χ1v) is 5.15. The van der Waals surface area contributed by atoms with Gasteiger partial charge in [0.1, 0.15) is 5.82 Å². The second kappa shape index (κ2) is 5.30. The Labute approximate surface area is 104 Å². The third kappa shape index (κ3) is 3.06. The molecule has 8 nitrogen and oxygen atoms in total. The highest BCUT2D eigenvalue weighted by Crippen LogP contribution is 2.22. The number of carbonyl (C=O) groups excluding carboxylic acids is 1. The van der Waals surface area contributed by atoms with E-state index in [4.69, 9.17) is 5.73 Å². The highest BCUT2D eigenvalue weighted by molar-refractivity contribution is 5.80. The van der Waals surface area contributed by atoms with Crippen LogP contribution in [0.25, 0.3) is 0 Å². The van der Waals surface area contributed by atoms with Gasteiger partial charge in [-0.15, -0.1) is 0 Å². The number of nitrogens with two attached hydrogens (primary N) is 1. The maximum atomic E-state index is 11.5. The Morgan fingerprint density at radius 2 is 2.06 bits per heavy atom. The summed E-state index contributed by atoms with van der Waals surface area (Å²) in [6.45, 7) is 0.122. The van der Waals surface area contributed by atoms with E-state index in [1.54, 1.807) is 26.0 Å². The van der Waals surface area contributed by atoms with E-state index >= 15 is 0 Å². The first-order chi connectivity index (χ1) is 8.32. The molecule has 0 spiro atoms.